The fourth-order valence-corrected chi connectivity index (χ4v) is 3.25. The van der Waals surface area contributed by atoms with Crippen molar-refractivity contribution in [2.45, 2.75) is 27.3 Å². The third-order valence-corrected chi connectivity index (χ3v) is 5.01. The van der Waals surface area contributed by atoms with E-state index in [0.29, 0.717) is 37.5 Å². The molecule has 0 spiro atoms. The molecule has 0 atom stereocenters. The molecule has 0 N–H and O–H groups in total. The van der Waals surface area contributed by atoms with Gasteiger partial charge in [0.25, 0.3) is 0 Å². The van der Waals surface area contributed by atoms with E-state index >= 15 is 0 Å². The molecule has 1 aliphatic rings. The Kier molecular flexibility index (Phi) is 21.8. The van der Waals surface area contributed by atoms with Crippen LogP contribution in [-0.4, -0.2) is 13.2 Å². The summed E-state index contributed by atoms with van der Waals surface area (Å²) >= 11 is 0. The molecular formula is C26H24F9O3U3-. The van der Waals surface area contributed by atoms with Crippen molar-refractivity contribution in [1.82, 2.24) is 0 Å². The van der Waals surface area contributed by atoms with Crippen molar-refractivity contribution in [2.75, 3.05) is 13.2 Å². The molecule has 0 bridgehead atoms. The van der Waals surface area contributed by atoms with E-state index in [1.54, 1.807) is 0 Å². The molecule has 3 nitrogen and oxygen atoms in total. The second kappa shape index (κ2) is 20.8. The smallest absolute Gasteiger partial charge is 0.194 e. The minimum atomic E-state index is -1.65. The molecule has 4 rings (SSSR count). The predicted molar refractivity (Wildman–Crippen MR) is 122 cm³/mol. The Hall–Kier alpha value is -0.0942. The molecule has 3 aromatic carbocycles. The van der Waals surface area contributed by atoms with Gasteiger partial charge in [0.05, 0.1) is 24.3 Å². The van der Waals surface area contributed by atoms with Gasteiger partial charge in [-0.2, -0.15) is 0 Å². The molecule has 15 heteroatoms. The van der Waals surface area contributed by atoms with Crippen LogP contribution in [0, 0.1) is 147 Å². The van der Waals surface area contributed by atoms with Crippen LogP contribution in [0.1, 0.15) is 33.1 Å². The first-order valence-electron chi connectivity index (χ1n) is 11.2. The zero-order valence-corrected chi connectivity index (χ0v) is 34.4. The molecule has 1 aliphatic heterocycles. The number of hydrogen-bond donors (Lipinski definition) is 0. The van der Waals surface area contributed by atoms with E-state index in [9.17, 15) is 39.6 Å². The van der Waals surface area contributed by atoms with Gasteiger partial charge >= 0.3 is 0 Å². The summed E-state index contributed by atoms with van der Waals surface area (Å²) in [5, 5.41) is 0. The van der Waals surface area contributed by atoms with Crippen LogP contribution in [0.4, 0.5) is 39.6 Å². The van der Waals surface area contributed by atoms with E-state index in [1.165, 1.54) is 7.40 Å². The average molecular weight is 1270 g/mol. The standard InChI is InChI=1S/C18H15F5O2.C6H2F4O.CH4.CH3.3U/c1-9-7-24-18(25-8-9)11-4-15(22)17(16(23)5-11)10-2-13(20)12(6-19)14(21)3-10;7-4-1-3(11-10)2-5(8)6(4)9;;;;;/h2-5,9,18H,6-8H2,1H3;1-2H;1H4;1H3;;;/q;;;-1;;;/i;;1D;;;;. The van der Waals surface area contributed by atoms with Gasteiger partial charge in [-0.15, -0.1) is 0 Å². The molecule has 0 saturated carbocycles. The minimum absolute atomic E-state index is 0. The topological polar surface area (TPSA) is 27.7 Å². The van der Waals surface area contributed by atoms with Crippen molar-refractivity contribution in [3.05, 3.63) is 95.7 Å². The third kappa shape index (κ3) is 11.7. The largest absolute Gasteiger partial charge is 0.358 e. The van der Waals surface area contributed by atoms with E-state index < -0.39 is 70.6 Å². The Morgan fingerprint density at radius 1 is 0.780 bits per heavy atom. The fourth-order valence-electron chi connectivity index (χ4n) is 3.25. The van der Waals surface area contributed by atoms with E-state index in [0.717, 1.165) is 12.1 Å². The zero-order valence-electron chi connectivity index (χ0n) is 22.9. The Bertz CT molecular complexity index is 1180. The molecule has 222 valence electrons. The molecule has 1 saturated heterocycles. The van der Waals surface area contributed by atoms with Crippen molar-refractivity contribution in [3.8, 4) is 16.9 Å². The maximum Gasteiger partial charge on any atom is 0.194 e. The second-order valence-corrected chi connectivity index (χ2v) is 7.79. The number of ether oxygens (including phenoxy) is 2. The van der Waals surface area contributed by atoms with Crippen LogP contribution in [-0.2, 0) is 16.1 Å². The summed E-state index contributed by atoms with van der Waals surface area (Å²) < 4.78 is 133. The van der Waals surface area contributed by atoms with Gasteiger partial charge in [0.2, 0.25) is 0 Å². The molecule has 0 amide bonds. The molecular weight excluding hydrogens is 1250 g/mol. The van der Waals surface area contributed by atoms with Crippen LogP contribution in [0.3, 0.4) is 0 Å². The van der Waals surface area contributed by atoms with Gasteiger partial charge in [0.15, 0.2) is 29.5 Å². The molecule has 0 radical (unpaired) electrons. The van der Waals surface area contributed by atoms with Gasteiger partial charge < -0.3 is 16.9 Å². The van der Waals surface area contributed by atoms with E-state index in [2.05, 4.69) is 4.94 Å². The molecule has 41 heavy (non-hydrogen) atoms. The quantitative estimate of drug-likeness (QED) is 0.149. The third-order valence-electron chi connectivity index (χ3n) is 5.01. The van der Waals surface area contributed by atoms with Crippen molar-refractivity contribution in [2.24, 2.45) is 5.92 Å². The molecule has 1 heterocycles. The number of halogens is 9. The average Bonchev–Trinajstić information content (AvgIpc) is 2.88. The van der Waals surface area contributed by atoms with Crippen molar-refractivity contribution >= 4 is 0 Å². The van der Waals surface area contributed by atoms with E-state index in [4.69, 9.17) is 10.8 Å². The Morgan fingerprint density at radius 3 is 1.61 bits per heavy atom. The minimum Gasteiger partial charge on any atom is -0.358 e. The maximum absolute atomic E-state index is 14.4. The number of benzene rings is 3. The summed E-state index contributed by atoms with van der Waals surface area (Å²) in [6, 6.07) is 4.20. The SMILES string of the molecule is CC1COC(c2cc(F)c(-c3cc(F)c(CF)c(F)c3)c(F)c2)OC1.FOc1cc(F)c(F)c(F)c1.[2H]C.[CH3-].[U].[U].[U]. The van der Waals surface area contributed by atoms with Crippen LogP contribution in [0.25, 0.3) is 11.1 Å². The Balaban J connectivity index is -0.000000768. The molecule has 0 aliphatic carbocycles. The Morgan fingerprint density at radius 2 is 1.22 bits per heavy atom. The van der Waals surface area contributed by atoms with Gasteiger partial charge in [-0.3, -0.25) is 4.94 Å². The van der Waals surface area contributed by atoms with Crippen LogP contribution >= 0.6 is 0 Å². The summed E-state index contributed by atoms with van der Waals surface area (Å²) in [6.45, 7) is 1.33. The van der Waals surface area contributed by atoms with Gasteiger partial charge in [0, 0.05) is 123 Å². The summed E-state index contributed by atoms with van der Waals surface area (Å²) in [5.41, 5.74) is -1.60. The summed E-state index contributed by atoms with van der Waals surface area (Å²) in [4.78, 5) is 2.98. The van der Waals surface area contributed by atoms with Crippen molar-refractivity contribution in [3.63, 3.8) is 0 Å². The van der Waals surface area contributed by atoms with Crippen molar-refractivity contribution in [1.29, 1.82) is 0 Å². The number of hydrogen-bond acceptors (Lipinski definition) is 3. The van der Waals surface area contributed by atoms with Crippen LogP contribution in [0.5, 0.6) is 5.75 Å². The summed E-state index contributed by atoms with van der Waals surface area (Å²) in [6.07, 6.45) is -0.906. The fraction of sp³-hybridized carbons (Fsp3) is 0.269. The molecule has 3 aromatic rings. The van der Waals surface area contributed by atoms with Crippen LogP contribution < -0.4 is 4.94 Å². The summed E-state index contributed by atoms with van der Waals surface area (Å²) in [5.74, 6) is -9.60. The monoisotopic (exact) mass is 1270 g/mol. The first-order chi connectivity index (χ1) is 18.0. The van der Waals surface area contributed by atoms with Crippen molar-refractivity contribution < 1.29 is 149 Å². The van der Waals surface area contributed by atoms with E-state index in [1.807, 2.05) is 6.92 Å². The first kappa shape index (κ1) is 43.0. The normalized spacial score (nSPS) is 15.4. The van der Waals surface area contributed by atoms with Gasteiger partial charge in [0.1, 0.15) is 29.9 Å². The number of alkyl halides is 1. The molecule has 1 fully saturated rings. The Labute approximate surface area is 304 Å². The van der Waals surface area contributed by atoms with E-state index in [-0.39, 0.29) is 118 Å². The first-order valence-corrected chi connectivity index (χ1v) is 10.2. The van der Waals surface area contributed by atoms with Crippen LogP contribution in [0.15, 0.2) is 36.4 Å². The molecule has 0 unspecified atom stereocenters. The zero-order chi connectivity index (χ0) is 28.6. The van der Waals surface area contributed by atoms with Crippen LogP contribution in [0.2, 0.25) is 0 Å². The van der Waals surface area contributed by atoms with Gasteiger partial charge in [-0.1, -0.05) is 14.3 Å². The number of rotatable bonds is 4. The molecule has 0 aromatic heterocycles. The maximum atomic E-state index is 14.4. The van der Waals surface area contributed by atoms with Gasteiger partial charge in [-0.25, -0.2) is 35.1 Å². The predicted octanol–water partition coefficient (Wildman–Crippen LogP) is 8.51. The summed E-state index contributed by atoms with van der Waals surface area (Å²) in [7, 11) is 1.25. The van der Waals surface area contributed by atoms with Gasteiger partial charge in [-0.05, 0) is 29.8 Å². The second-order valence-electron chi connectivity index (χ2n) is 7.79.